The van der Waals surface area contributed by atoms with E-state index in [2.05, 4.69) is 5.32 Å². The number of aliphatic hydroxyl groups excluding tert-OH is 1. The van der Waals surface area contributed by atoms with Gasteiger partial charge in [-0.1, -0.05) is 12.1 Å². The summed E-state index contributed by atoms with van der Waals surface area (Å²) in [5, 5.41) is 11.9. The Balaban J connectivity index is 2.60. The summed E-state index contributed by atoms with van der Waals surface area (Å²) in [6, 6.07) is 5.23. The number of methoxy groups -OCH3 is 1. The Morgan fingerprint density at radius 1 is 1.50 bits per heavy atom. The summed E-state index contributed by atoms with van der Waals surface area (Å²) in [5.74, 6) is -0.0668. The van der Waals surface area contributed by atoms with Crippen LogP contribution in [0.15, 0.2) is 18.2 Å². The van der Waals surface area contributed by atoms with Gasteiger partial charge >= 0.3 is 0 Å². The lowest BCUT2D eigenvalue weighted by Gasteiger charge is -2.13. The highest BCUT2D eigenvalue weighted by atomic mass is 19.1. The molecule has 1 aromatic rings. The molecule has 0 saturated carbocycles. The Kier molecular flexibility index (Phi) is 5.22. The number of ether oxygens (including phenoxy) is 1. The van der Waals surface area contributed by atoms with E-state index in [4.69, 9.17) is 9.84 Å². The van der Waals surface area contributed by atoms with Crippen LogP contribution in [0.1, 0.15) is 18.9 Å². The fourth-order valence-corrected chi connectivity index (χ4v) is 1.43. The zero-order chi connectivity index (χ0) is 12.0. The molecule has 0 spiro atoms. The summed E-state index contributed by atoms with van der Waals surface area (Å²) in [7, 11) is 1.45. The maximum atomic E-state index is 13.7. The van der Waals surface area contributed by atoms with Crippen molar-refractivity contribution in [2.75, 3.05) is 13.7 Å². The second-order valence-corrected chi connectivity index (χ2v) is 3.73. The molecule has 0 aliphatic heterocycles. The fourth-order valence-electron chi connectivity index (χ4n) is 1.43. The zero-order valence-corrected chi connectivity index (χ0v) is 9.66. The molecule has 2 N–H and O–H groups in total. The van der Waals surface area contributed by atoms with E-state index in [1.165, 1.54) is 7.11 Å². The first-order chi connectivity index (χ1) is 7.69. The Hall–Kier alpha value is -1.13. The highest BCUT2D eigenvalue weighted by molar-refractivity contribution is 5.30. The molecule has 1 rings (SSSR count). The van der Waals surface area contributed by atoms with Gasteiger partial charge in [-0.05, 0) is 19.4 Å². The molecule has 0 radical (unpaired) electrons. The third-order valence-electron chi connectivity index (χ3n) is 2.47. The first-order valence-corrected chi connectivity index (χ1v) is 5.34. The van der Waals surface area contributed by atoms with E-state index in [9.17, 15) is 4.39 Å². The lowest BCUT2D eigenvalue weighted by atomic mass is 10.1. The summed E-state index contributed by atoms with van der Waals surface area (Å²) in [4.78, 5) is 0. The fraction of sp³-hybridized carbons (Fsp3) is 0.500. The minimum absolute atomic E-state index is 0.134. The molecule has 0 aromatic heterocycles. The quantitative estimate of drug-likeness (QED) is 0.777. The van der Waals surface area contributed by atoms with Crippen LogP contribution in [0.25, 0.3) is 0 Å². The van der Waals surface area contributed by atoms with Gasteiger partial charge in [0.05, 0.1) is 7.11 Å². The van der Waals surface area contributed by atoms with Gasteiger partial charge < -0.3 is 15.2 Å². The highest BCUT2D eigenvalue weighted by Gasteiger charge is 2.08. The number of rotatable bonds is 6. The smallest absolute Gasteiger partial charge is 0.169 e. The minimum Gasteiger partial charge on any atom is -0.494 e. The van der Waals surface area contributed by atoms with Crippen LogP contribution in [0.2, 0.25) is 0 Å². The van der Waals surface area contributed by atoms with Crippen molar-refractivity contribution < 1.29 is 14.2 Å². The first kappa shape index (κ1) is 12.9. The van der Waals surface area contributed by atoms with Crippen LogP contribution in [0, 0.1) is 5.82 Å². The molecule has 0 saturated heterocycles. The summed E-state index contributed by atoms with van der Waals surface area (Å²) >= 11 is 0. The van der Waals surface area contributed by atoms with E-state index in [1.54, 1.807) is 18.2 Å². The molecule has 90 valence electrons. The molecule has 3 nitrogen and oxygen atoms in total. The maximum absolute atomic E-state index is 13.7. The van der Waals surface area contributed by atoms with Crippen LogP contribution in [-0.2, 0) is 6.54 Å². The van der Waals surface area contributed by atoms with Gasteiger partial charge in [0, 0.05) is 24.8 Å². The van der Waals surface area contributed by atoms with Crippen LogP contribution in [-0.4, -0.2) is 24.9 Å². The van der Waals surface area contributed by atoms with Gasteiger partial charge in [0.15, 0.2) is 11.6 Å². The summed E-state index contributed by atoms with van der Waals surface area (Å²) in [6.45, 7) is 2.52. The van der Waals surface area contributed by atoms with E-state index < -0.39 is 0 Å². The van der Waals surface area contributed by atoms with Crippen molar-refractivity contribution >= 4 is 0 Å². The molecular weight excluding hydrogens is 209 g/mol. The zero-order valence-electron chi connectivity index (χ0n) is 9.66. The van der Waals surface area contributed by atoms with Crippen molar-refractivity contribution in [2.45, 2.75) is 25.9 Å². The molecule has 1 atom stereocenters. The Bertz CT molecular complexity index is 331. The Morgan fingerprint density at radius 3 is 2.88 bits per heavy atom. The molecule has 0 fully saturated rings. The predicted octanol–water partition coefficient (Wildman–Crippen LogP) is 1.69. The number of aliphatic hydroxyl groups is 1. The van der Waals surface area contributed by atoms with Crippen LogP contribution in [0.5, 0.6) is 5.75 Å². The van der Waals surface area contributed by atoms with Gasteiger partial charge in [0.1, 0.15) is 0 Å². The number of nitrogens with one attached hydrogen (secondary N) is 1. The molecule has 16 heavy (non-hydrogen) atoms. The van der Waals surface area contributed by atoms with E-state index in [1.807, 2.05) is 6.92 Å². The van der Waals surface area contributed by atoms with E-state index in [-0.39, 0.29) is 24.2 Å². The number of benzene rings is 1. The van der Waals surface area contributed by atoms with E-state index >= 15 is 0 Å². The van der Waals surface area contributed by atoms with Crippen LogP contribution < -0.4 is 10.1 Å². The van der Waals surface area contributed by atoms with Crippen molar-refractivity contribution in [2.24, 2.45) is 0 Å². The van der Waals surface area contributed by atoms with Crippen molar-refractivity contribution in [1.29, 1.82) is 0 Å². The molecule has 0 aliphatic rings. The minimum atomic E-state index is -0.325. The molecule has 0 amide bonds. The average molecular weight is 227 g/mol. The standard InChI is InChI=1S/C12H18FNO2/c1-9(6-7-15)14-8-10-4-3-5-11(16-2)12(10)13/h3-5,9,14-15H,6-8H2,1-2H3. The summed E-state index contributed by atoms with van der Waals surface area (Å²) in [5.41, 5.74) is 0.573. The van der Waals surface area contributed by atoms with Gasteiger partial charge in [0.25, 0.3) is 0 Å². The van der Waals surface area contributed by atoms with E-state index in [0.717, 1.165) is 0 Å². The number of hydrogen-bond acceptors (Lipinski definition) is 3. The average Bonchev–Trinajstić information content (AvgIpc) is 2.28. The second-order valence-electron chi connectivity index (χ2n) is 3.73. The topological polar surface area (TPSA) is 41.5 Å². The molecule has 1 unspecified atom stereocenters. The Morgan fingerprint density at radius 2 is 2.25 bits per heavy atom. The highest BCUT2D eigenvalue weighted by Crippen LogP contribution is 2.19. The van der Waals surface area contributed by atoms with Gasteiger partial charge in [-0.3, -0.25) is 0 Å². The number of hydrogen-bond donors (Lipinski definition) is 2. The number of halogens is 1. The lowest BCUT2D eigenvalue weighted by molar-refractivity contribution is 0.268. The van der Waals surface area contributed by atoms with Crippen LogP contribution >= 0.6 is 0 Å². The largest absolute Gasteiger partial charge is 0.494 e. The normalized spacial score (nSPS) is 12.5. The van der Waals surface area contributed by atoms with Crippen LogP contribution in [0.3, 0.4) is 0 Å². The van der Waals surface area contributed by atoms with Crippen molar-refractivity contribution in [1.82, 2.24) is 5.32 Å². The second kappa shape index (κ2) is 6.45. The maximum Gasteiger partial charge on any atom is 0.169 e. The summed E-state index contributed by atoms with van der Waals surface area (Å²) < 4.78 is 18.6. The molecule has 0 aliphatic carbocycles. The summed E-state index contributed by atoms with van der Waals surface area (Å²) in [6.07, 6.45) is 0.658. The van der Waals surface area contributed by atoms with Crippen molar-refractivity contribution in [3.8, 4) is 5.75 Å². The predicted molar refractivity (Wildman–Crippen MR) is 61.0 cm³/mol. The third-order valence-corrected chi connectivity index (χ3v) is 2.47. The molecule has 4 heteroatoms. The third kappa shape index (κ3) is 3.47. The van der Waals surface area contributed by atoms with Crippen molar-refractivity contribution in [3.05, 3.63) is 29.6 Å². The van der Waals surface area contributed by atoms with Gasteiger partial charge in [-0.2, -0.15) is 0 Å². The van der Waals surface area contributed by atoms with Crippen LogP contribution in [0.4, 0.5) is 4.39 Å². The van der Waals surface area contributed by atoms with Gasteiger partial charge in [0.2, 0.25) is 0 Å². The van der Waals surface area contributed by atoms with E-state index in [0.29, 0.717) is 18.5 Å². The first-order valence-electron chi connectivity index (χ1n) is 5.34. The van der Waals surface area contributed by atoms with Gasteiger partial charge in [-0.25, -0.2) is 4.39 Å². The molecular formula is C12H18FNO2. The SMILES string of the molecule is COc1cccc(CNC(C)CCO)c1F. The van der Waals surface area contributed by atoms with Gasteiger partial charge in [-0.15, -0.1) is 0 Å². The lowest BCUT2D eigenvalue weighted by Crippen LogP contribution is -2.26. The molecule has 0 bridgehead atoms. The molecule has 1 aromatic carbocycles. The van der Waals surface area contributed by atoms with Crippen molar-refractivity contribution in [3.63, 3.8) is 0 Å². The Labute approximate surface area is 95.2 Å². The molecule has 0 heterocycles. The monoisotopic (exact) mass is 227 g/mol.